The van der Waals surface area contributed by atoms with Gasteiger partial charge in [0, 0.05) is 16.0 Å². The summed E-state index contributed by atoms with van der Waals surface area (Å²) in [6.07, 6.45) is 7.68. The molecule has 1 aliphatic rings. The number of nitrogens with zero attached hydrogens (tertiary/aromatic N) is 2. The molecule has 154 valence electrons. The van der Waals surface area contributed by atoms with Crippen LogP contribution in [0.3, 0.4) is 0 Å². The molecular formula is C24H24BrN3O2. The maximum Gasteiger partial charge on any atom is 0.229 e. The fraction of sp³-hybridized carbons (Fsp3) is 0.292. The molecule has 30 heavy (non-hydrogen) atoms. The van der Waals surface area contributed by atoms with Crippen LogP contribution in [0.5, 0.6) is 5.75 Å². The predicted octanol–water partition coefficient (Wildman–Crippen LogP) is 5.84. The van der Waals surface area contributed by atoms with Crippen LogP contribution in [0, 0.1) is 0 Å². The molecule has 0 spiro atoms. The van der Waals surface area contributed by atoms with E-state index in [2.05, 4.69) is 26.2 Å². The molecule has 2 N–H and O–H groups in total. The van der Waals surface area contributed by atoms with Crippen molar-refractivity contribution in [1.82, 2.24) is 9.97 Å². The Morgan fingerprint density at radius 3 is 2.43 bits per heavy atom. The first-order chi connectivity index (χ1) is 14.6. The molecule has 0 unspecified atom stereocenters. The second-order valence-corrected chi connectivity index (χ2v) is 8.64. The van der Waals surface area contributed by atoms with Gasteiger partial charge in [-0.2, -0.15) is 0 Å². The summed E-state index contributed by atoms with van der Waals surface area (Å²) in [6.45, 7) is 0. The van der Waals surface area contributed by atoms with Crippen molar-refractivity contribution in [3.05, 3.63) is 70.5 Å². The molecule has 0 radical (unpaired) electrons. The molecule has 1 fully saturated rings. The van der Waals surface area contributed by atoms with E-state index in [-0.39, 0.29) is 11.7 Å². The highest BCUT2D eigenvalue weighted by Crippen LogP contribution is 2.35. The number of hydrogen-bond acceptors (Lipinski definition) is 4. The Morgan fingerprint density at radius 2 is 1.73 bits per heavy atom. The van der Waals surface area contributed by atoms with Gasteiger partial charge in [0.25, 0.3) is 0 Å². The lowest BCUT2D eigenvalue weighted by atomic mass is 9.86. The van der Waals surface area contributed by atoms with Crippen LogP contribution in [0.1, 0.15) is 49.3 Å². The highest BCUT2D eigenvalue weighted by molar-refractivity contribution is 9.10. The topological polar surface area (TPSA) is 75.1 Å². The van der Waals surface area contributed by atoms with Gasteiger partial charge in [-0.1, -0.05) is 47.3 Å². The van der Waals surface area contributed by atoms with Crippen LogP contribution in [0.15, 0.2) is 59.2 Å². The average molecular weight is 466 g/mol. The SMILES string of the molecule is O=C(Cc1ccc(Br)cc1)Nc1ncc(-c2ccc(O)cc2)nc1C1CCCCC1. The van der Waals surface area contributed by atoms with Crippen molar-refractivity contribution in [2.75, 3.05) is 5.32 Å². The fourth-order valence-corrected chi connectivity index (χ4v) is 4.16. The third kappa shape index (κ3) is 5.05. The van der Waals surface area contributed by atoms with Crippen LogP contribution >= 0.6 is 15.9 Å². The zero-order chi connectivity index (χ0) is 20.9. The summed E-state index contributed by atoms with van der Waals surface area (Å²) < 4.78 is 0.988. The van der Waals surface area contributed by atoms with Gasteiger partial charge in [0.1, 0.15) is 5.75 Å². The van der Waals surface area contributed by atoms with Crippen molar-refractivity contribution in [3.8, 4) is 17.0 Å². The monoisotopic (exact) mass is 465 g/mol. The quantitative estimate of drug-likeness (QED) is 0.496. The Hall–Kier alpha value is -2.73. The molecule has 0 saturated heterocycles. The molecule has 1 aromatic heterocycles. The molecule has 3 aromatic rings. The van der Waals surface area contributed by atoms with Crippen molar-refractivity contribution < 1.29 is 9.90 Å². The second kappa shape index (κ2) is 9.39. The largest absolute Gasteiger partial charge is 0.508 e. The maximum atomic E-state index is 12.7. The minimum Gasteiger partial charge on any atom is -0.508 e. The Labute approximate surface area is 184 Å². The number of anilines is 1. The summed E-state index contributed by atoms with van der Waals surface area (Å²) in [7, 11) is 0. The maximum absolute atomic E-state index is 12.7. The van der Waals surface area contributed by atoms with E-state index in [1.54, 1.807) is 18.3 Å². The second-order valence-electron chi connectivity index (χ2n) is 7.72. The summed E-state index contributed by atoms with van der Waals surface area (Å²) in [4.78, 5) is 22.2. The van der Waals surface area contributed by atoms with Crippen molar-refractivity contribution in [1.29, 1.82) is 0 Å². The van der Waals surface area contributed by atoms with Crippen LogP contribution in [0.2, 0.25) is 0 Å². The number of halogens is 1. The van der Waals surface area contributed by atoms with Crippen LogP contribution in [0.4, 0.5) is 5.82 Å². The van der Waals surface area contributed by atoms with Crippen LogP contribution in [-0.2, 0) is 11.2 Å². The van der Waals surface area contributed by atoms with Crippen molar-refractivity contribution >= 4 is 27.7 Å². The molecule has 4 rings (SSSR count). The van der Waals surface area contributed by atoms with Gasteiger partial charge in [-0.15, -0.1) is 0 Å². The molecule has 1 amide bonds. The first kappa shape index (κ1) is 20.5. The lowest BCUT2D eigenvalue weighted by molar-refractivity contribution is -0.115. The number of carbonyl (C=O) groups excluding carboxylic acids is 1. The van der Waals surface area contributed by atoms with Gasteiger partial charge in [-0.05, 0) is 54.8 Å². The van der Waals surface area contributed by atoms with Crippen LogP contribution in [-0.4, -0.2) is 21.0 Å². The minimum absolute atomic E-state index is 0.0962. The molecule has 2 aromatic carbocycles. The number of amides is 1. The van der Waals surface area contributed by atoms with E-state index in [0.717, 1.165) is 39.8 Å². The van der Waals surface area contributed by atoms with E-state index in [1.807, 2.05) is 36.4 Å². The number of benzene rings is 2. The van der Waals surface area contributed by atoms with Gasteiger partial charge in [0.05, 0.1) is 24.0 Å². The van der Waals surface area contributed by atoms with Crippen molar-refractivity contribution in [3.63, 3.8) is 0 Å². The number of nitrogens with one attached hydrogen (secondary N) is 1. The van der Waals surface area contributed by atoms with Gasteiger partial charge in [-0.3, -0.25) is 4.79 Å². The highest BCUT2D eigenvalue weighted by Gasteiger charge is 2.23. The lowest BCUT2D eigenvalue weighted by Gasteiger charge is -2.23. The number of phenolic OH excluding ortho intramolecular Hbond substituents is 1. The number of phenols is 1. The van der Waals surface area contributed by atoms with E-state index < -0.39 is 0 Å². The molecule has 1 aliphatic carbocycles. The number of carbonyl (C=O) groups is 1. The van der Waals surface area contributed by atoms with E-state index in [1.165, 1.54) is 19.3 Å². The predicted molar refractivity (Wildman–Crippen MR) is 121 cm³/mol. The zero-order valence-corrected chi connectivity index (χ0v) is 18.2. The smallest absolute Gasteiger partial charge is 0.229 e. The Bertz CT molecular complexity index is 1010. The van der Waals surface area contributed by atoms with Crippen molar-refractivity contribution in [2.24, 2.45) is 0 Å². The van der Waals surface area contributed by atoms with Crippen LogP contribution < -0.4 is 5.32 Å². The average Bonchev–Trinajstić information content (AvgIpc) is 2.77. The van der Waals surface area contributed by atoms with Gasteiger partial charge in [-0.25, -0.2) is 9.97 Å². The molecule has 5 nitrogen and oxygen atoms in total. The third-order valence-corrected chi connectivity index (χ3v) is 6.02. The highest BCUT2D eigenvalue weighted by atomic mass is 79.9. The first-order valence-corrected chi connectivity index (χ1v) is 11.1. The first-order valence-electron chi connectivity index (χ1n) is 10.3. The van der Waals surface area contributed by atoms with E-state index >= 15 is 0 Å². The zero-order valence-electron chi connectivity index (χ0n) is 16.6. The normalized spacial score (nSPS) is 14.4. The summed E-state index contributed by atoms with van der Waals surface area (Å²) in [5.74, 6) is 0.981. The molecule has 0 atom stereocenters. The van der Waals surface area contributed by atoms with Gasteiger partial charge >= 0.3 is 0 Å². The summed E-state index contributed by atoms with van der Waals surface area (Å²) in [5.41, 5.74) is 3.46. The van der Waals surface area contributed by atoms with E-state index in [4.69, 9.17) is 4.98 Å². The number of hydrogen-bond donors (Lipinski definition) is 2. The van der Waals surface area contributed by atoms with E-state index in [0.29, 0.717) is 18.2 Å². The molecule has 0 aliphatic heterocycles. The Balaban J connectivity index is 1.59. The van der Waals surface area contributed by atoms with E-state index in [9.17, 15) is 9.90 Å². The van der Waals surface area contributed by atoms with Crippen molar-refractivity contribution in [2.45, 2.75) is 44.4 Å². The molecule has 6 heteroatoms. The number of aromatic hydroxyl groups is 1. The molecule has 1 saturated carbocycles. The molecular weight excluding hydrogens is 442 g/mol. The summed E-state index contributed by atoms with van der Waals surface area (Å²) in [6, 6.07) is 14.7. The van der Waals surface area contributed by atoms with Crippen LogP contribution in [0.25, 0.3) is 11.3 Å². The third-order valence-electron chi connectivity index (χ3n) is 5.49. The Morgan fingerprint density at radius 1 is 1.03 bits per heavy atom. The fourth-order valence-electron chi connectivity index (χ4n) is 3.90. The Kier molecular flexibility index (Phi) is 6.43. The van der Waals surface area contributed by atoms with Gasteiger partial charge in [0.15, 0.2) is 5.82 Å². The molecule has 1 heterocycles. The summed E-state index contributed by atoms with van der Waals surface area (Å²) >= 11 is 3.42. The van der Waals surface area contributed by atoms with Gasteiger partial charge in [0.2, 0.25) is 5.91 Å². The molecule has 0 bridgehead atoms. The summed E-state index contributed by atoms with van der Waals surface area (Å²) in [5, 5.41) is 12.5. The van der Waals surface area contributed by atoms with Gasteiger partial charge < -0.3 is 10.4 Å². The standard InChI is InChI=1S/C24H24BrN3O2/c25-19-10-6-16(7-11-19)14-22(30)28-24-23(18-4-2-1-3-5-18)27-21(15-26-24)17-8-12-20(29)13-9-17/h6-13,15,18,29H,1-5,14H2,(H,26,28,30). The number of aromatic nitrogens is 2. The minimum atomic E-state index is -0.0962. The lowest BCUT2D eigenvalue weighted by Crippen LogP contribution is -2.19. The number of rotatable bonds is 5.